The van der Waals surface area contributed by atoms with Gasteiger partial charge in [-0.2, -0.15) is 0 Å². The number of primary amides is 1. The first-order valence-electron chi connectivity index (χ1n) is 5.06. The molecule has 0 saturated heterocycles. The summed E-state index contributed by atoms with van der Waals surface area (Å²) in [7, 11) is 0. The Morgan fingerprint density at radius 3 is 3.00 bits per heavy atom. The molecule has 1 heterocycles. The Morgan fingerprint density at radius 2 is 2.31 bits per heavy atom. The summed E-state index contributed by atoms with van der Waals surface area (Å²) in [6.07, 6.45) is 0.448. The minimum atomic E-state index is -0.638. The molecular formula is C11H14N4O. The van der Waals surface area contributed by atoms with Gasteiger partial charge in [-0.25, -0.2) is 4.98 Å². The van der Waals surface area contributed by atoms with Gasteiger partial charge < -0.3 is 16.5 Å². The van der Waals surface area contributed by atoms with Crippen molar-refractivity contribution in [2.24, 2.45) is 11.5 Å². The Balaban J connectivity index is 2.28. The minimum absolute atomic E-state index is 0.448. The number of hydrogen-bond donors (Lipinski definition) is 3. The largest absolute Gasteiger partial charge is 0.368 e. The van der Waals surface area contributed by atoms with Gasteiger partial charge in [0.2, 0.25) is 5.91 Å². The highest BCUT2D eigenvalue weighted by molar-refractivity contribution is 5.80. The number of fused-ring (bicyclic) bond motifs is 1. The van der Waals surface area contributed by atoms with Crippen molar-refractivity contribution in [2.45, 2.75) is 19.4 Å². The highest BCUT2D eigenvalue weighted by Gasteiger charge is 2.10. The standard InChI is InChI=1S/C11H14N4O/c1-6-14-9-3-2-7(5-10(9)15-6)4-8(12)11(13)16/h2-3,5,8H,4,12H2,1H3,(H2,13,16)(H,14,15). The maximum atomic E-state index is 10.8. The average Bonchev–Trinajstić information content (AvgIpc) is 2.57. The Labute approximate surface area is 92.8 Å². The molecule has 5 nitrogen and oxygen atoms in total. The van der Waals surface area contributed by atoms with Gasteiger partial charge in [0.25, 0.3) is 0 Å². The van der Waals surface area contributed by atoms with Crippen molar-refractivity contribution in [3.05, 3.63) is 29.6 Å². The number of hydrogen-bond acceptors (Lipinski definition) is 3. The van der Waals surface area contributed by atoms with Gasteiger partial charge in [-0.15, -0.1) is 0 Å². The summed E-state index contributed by atoms with van der Waals surface area (Å²) in [5.74, 6) is 0.382. The molecule has 2 rings (SSSR count). The van der Waals surface area contributed by atoms with E-state index in [2.05, 4.69) is 9.97 Å². The van der Waals surface area contributed by atoms with Crippen LogP contribution in [0.4, 0.5) is 0 Å². The molecule has 0 spiro atoms. The van der Waals surface area contributed by atoms with Crippen molar-refractivity contribution in [2.75, 3.05) is 0 Å². The highest BCUT2D eigenvalue weighted by Crippen LogP contribution is 2.14. The van der Waals surface area contributed by atoms with E-state index in [0.29, 0.717) is 6.42 Å². The predicted molar refractivity (Wildman–Crippen MR) is 61.7 cm³/mol. The summed E-state index contributed by atoms with van der Waals surface area (Å²) in [6.45, 7) is 1.90. The second-order valence-electron chi connectivity index (χ2n) is 3.89. The summed E-state index contributed by atoms with van der Waals surface area (Å²) < 4.78 is 0. The third-order valence-corrected chi connectivity index (χ3v) is 2.49. The molecule has 0 aliphatic rings. The Hall–Kier alpha value is -1.88. The first kappa shape index (κ1) is 10.6. The van der Waals surface area contributed by atoms with Gasteiger partial charge in [-0.3, -0.25) is 4.79 Å². The molecule has 84 valence electrons. The molecule has 0 aliphatic heterocycles. The molecule has 1 aromatic heterocycles. The van der Waals surface area contributed by atoms with Crippen LogP contribution in [0.5, 0.6) is 0 Å². The quantitative estimate of drug-likeness (QED) is 0.687. The fourth-order valence-corrected chi connectivity index (χ4v) is 1.67. The Bertz CT molecular complexity index is 532. The molecule has 1 atom stereocenters. The molecule has 0 fully saturated rings. The molecule has 0 aliphatic carbocycles. The number of nitrogens with two attached hydrogens (primary N) is 2. The van der Waals surface area contributed by atoms with Crippen LogP contribution in [0.3, 0.4) is 0 Å². The number of rotatable bonds is 3. The fourth-order valence-electron chi connectivity index (χ4n) is 1.67. The number of amides is 1. The number of aromatic amines is 1. The lowest BCUT2D eigenvalue weighted by Crippen LogP contribution is -2.38. The maximum Gasteiger partial charge on any atom is 0.234 e. The Kier molecular flexibility index (Phi) is 2.62. The third kappa shape index (κ3) is 2.04. The second-order valence-corrected chi connectivity index (χ2v) is 3.89. The molecule has 1 amide bonds. The van der Waals surface area contributed by atoms with Crippen LogP contribution < -0.4 is 11.5 Å². The fraction of sp³-hybridized carbons (Fsp3) is 0.273. The lowest BCUT2D eigenvalue weighted by Gasteiger charge is -2.06. The Morgan fingerprint density at radius 1 is 1.56 bits per heavy atom. The van der Waals surface area contributed by atoms with Gasteiger partial charge in [0.05, 0.1) is 17.1 Å². The molecule has 0 radical (unpaired) electrons. The number of H-pyrrole nitrogens is 1. The monoisotopic (exact) mass is 218 g/mol. The van der Waals surface area contributed by atoms with E-state index in [0.717, 1.165) is 22.4 Å². The van der Waals surface area contributed by atoms with E-state index in [9.17, 15) is 4.79 Å². The molecule has 5 N–H and O–H groups in total. The van der Waals surface area contributed by atoms with Crippen molar-refractivity contribution in [1.29, 1.82) is 0 Å². The molecule has 16 heavy (non-hydrogen) atoms. The lowest BCUT2D eigenvalue weighted by atomic mass is 10.1. The highest BCUT2D eigenvalue weighted by atomic mass is 16.1. The van der Waals surface area contributed by atoms with E-state index >= 15 is 0 Å². The smallest absolute Gasteiger partial charge is 0.234 e. The van der Waals surface area contributed by atoms with Crippen LogP contribution in [-0.4, -0.2) is 21.9 Å². The maximum absolute atomic E-state index is 10.8. The summed E-state index contributed by atoms with van der Waals surface area (Å²) in [6, 6.07) is 5.12. The minimum Gasteiger partial charge on any atom is -0.368 e. The number of aromatic nitrogens is 2. The van der Waals surface area contributed by atoms with E-state index in [-0.39, 0.29) is 0 Å². The summed E-state index contributed by atoms with van der Waals surface area (Å²) in [5.41, 5.74) is 13.6. The van der Waals surface area contributed by atoms with Crippen molar-refractivity contribution in [3.8, 4) is 0 Å². The van der Waals surface area contributed by atoms with Crippen LogP contribution >= 0.6 is 0 Å². The first-order valence-corrected chi connectivity index (χ1v) is 5.06. The van der Waals surface area contributed by atoms with Crippen molar-refractivity contribution >= 4 is 16.9 Å². The number of benzene rings is 1. The first-order chi connectivity index (χ1) is 7.56. The molecule has 5 heteroatoms. The molecule has 0 bridgehead atoms. The number of nitrogens with zero attached hydrogens (tertiary/aromatic N) is 1. The van der Waals surface area contributed by atoms with Gasteiger partial charge in [-0.05, 0) is 31.0 Å². The SMILES string of the molecule is Cc1nc2ccc(CC(N)C(N)=O)cc2[nH]1. The number of carbonyl (C=O) groups excluding carboxylic acids is 1. The topological polar surface area (TPSA) is 97.8 Å². The molecule has 2 aromatic rings. The summed E-state index contributed by atoms with van der Waals surface area (Å²) in [5, 5.41) is 0. The zero-order valence-corrected chi connectivity index (χ0v) is 9.03. The predicted octanol–water partition coefficient (Wildman–Crippen LogP) is 0.226. The molecule has 0 saturated carbocycles. The van der Waals surface area contributed by atoms with Crippen LogP contribution in [0.25, 0.3) is 11.0 Å². The summed E-state index contributed by atoms with van der Waals surface area (Å²) in [4.78, 5) is 18.3. The number of carbonyl (C=O) groups is 1. The van der Waals surface area contributed by atoms with E-state index < -0.39 is 11.9 Å². The van der Waals surface area contributed by atoms with Gasteiger partial charge >= 0.3 is 0 Å². The van der Waals surface area contributed by atoms with E-state index in [1.807, 2.05) is 25.1 Å². The zero-order chi connectivity index (χ0) is 11.7. The van der Waals surface area contributed by atoms with Crippen LogP contribution in [-0.2, 0) is 11.2 Å². The van der Waals surface area contributed by atoms with Crippen LogP contribution in [0.1, 0.15) is 11.4 Å². The lowest BCUT2D eigenvalue weighted by molar-refractivity contribution is -0.119. The van der Waals surface area contributed by atoms with Crippen LogP contribution in [0.15, 0.2) is 18.2 Å². The van der Waals surface area contributed by atoms with Crippen molar-refractivity contribution < 1.29 is 4.79 Å². The van der Waals surface area contributed by atoms with Crippen molar-refractivity contribution in [3.63, 3.8) is 0 Å². The number of nitrogens with one attached hydrogen (secondary N) is 1. The van der Waals surface area contributed by atoms with Crippen molar-refractivity contribution in [1.82, 2.24) is 9.97 Å². The molecular weight excluding hydrogens is 204 g/mol. The van der Waals surface area contributed by atoms with Gasteiger partial charge in [0, 0.05) is 0 Å². The second kappa shape index (κ2) is 3.94. The van der Waals surface area contributed by atoms with Crippen LogP contribution in [0, 0.1) is 6.92 Å². The van der Waals surface area contributed by atoms with E-state index in [4.69, 9.17) is 11.5 Å². The number of imidazole rings is 1. The number of aryl methyl sites for hydroxylation is 1. The third-order valence-electron chi connectivity index (χ3n) is 2.49. The van der Waals surface area contributed by atoms with Gasteiger partial charge in [0.1, 0.15) is 5.82 Å². The normalized spacial score (nSPS) is 12.9. The van der Waals surface area contributed by atoms with E-state index in [1.54, 1.807) is 0 Å². The van der Waals surface area contributed by atoms with E-state index in [1.165, 1.54) is 0 Å². The molecule has 1 aromatic carbocycles. The van der Waals surface area contributed by atoms with Gasteiger partial charge in [-0.1, -0.05) is 6.07 Å². The molecule has 1 unspecified atom stereocenters. The average molecular weight is 218 g/mol. The summed E-state index contributed by atoms with van der Waals surface area (Å²) >= 11 is 0. The van der Waals surface area contributed by atoms with Crippen LogP contribution in [0.2, 0.25) is 0 Å². The zero-order valence-electron chi connectivity index (χ0n) is 9.03. The van der Waals surface area contributed by atoms with Gasteiger partial charge in [0.15, 0.2) is 0 Å².